The number of rotatable bonds is 48. The second-order valence-corrected chi connectivity index (χ2v) is 17.8. The zero-order valence-electron chi connectivity index (χ0n) is 41.1. The molecule has 0 N–H and O–H groups in total. The lowest BCUT2D eigenvalue weighted by atomic mass is 10.1. The van der Waals surface area contributed by atoms with Crippen molar-refractivity contribution >= 4 is 17.9 Å². The van der Waals surface area contributed by atoms with Gasteiger partial charge in [-0.25, -0.2) is 0 Å². The van der Waals surface area contributed by atoms with Crippen LogP contribution < -0.4 is 0 Å². The molecule has 360 valence electrons. The van der Waals surface area contributed by atoms with E-state index in [2.05, 4.69) is 69.4 Å². The molecule has 62 heavy (non-hydrogen) atoms. The van der Waals surface area contributed by atoms with Crippen molar-refractivity contribution in [3.8, 4) is 0 Å². The van der Waals surface area contributed by atoms with Crippen molar-refractivity contribution in [3.63, 3.8) is 0 Å². The molecule has 0 amide bonds. The Morgan fingerprint density at radius 2 is 0.581 bits per heavy atom. The summed E-state index contributed by atoms with van der Waals surface area (Å²) < 4.78 is 16.8. The van der Waals surface area contributed by atoms with Crippen LogP contribution in [-0.2, 0) is 28.6 Å². The van der Waals surface area contributed by atoms with Gasteiger partial charge < -0.3 is 14.2 Å². The average molecular weight is 869 g/mol. The Balaban J connectivity index is 4.35. The monoisotopic (exact) mass is 869 g/mol. The molecule has 0 aromatic rings. The predicted octanol–water partition coefficient (Wildman–Crippen LogP) is 17.5. The van der Waals surface area contributed by atoms with Crippen LogP contribution in [0.1, 0.15) is 271 Å². The molecule has 0 aromatic carbocycles. The van der Waals surface area contributed by atoms with E-state index in [1.807, 2.05) is 0 Å². The molecule has 0 saturated carbocycles. The summed E-state index contributed by atoms with van der Waals surface area (Å²) in [6.07, 6.45) is 60.9. The van der Waals surface area contributed by atoms with E-state index < -0.39 is 6.10 Å². The zero-order valence-corrected chi connectivity index (χ0v) is 41.1. The van der Waals surface area contributed by atoms with Crippen molar-refractivity contribution < 1.29 is 28.6 Å². The number of esters is 3. The minimum Gasteiger partial charge on any atom is -0.462 e. The molecule has 0 saturated heterocycles. The van der Waals surface area contributed by atoms with Gasteiger partial charge in [0, 0.05) is 19.3 Å². The topological polar surface area (TPSA) is 78.9 Å². The Labute approximate surface area is 384 Å². The number of unbranched alkanes of at least 4 members (excludes halogenated alkanes) is 29. The maximum atomic E-state index is 12.8. The SMILES string of the molecule is CCCCC/C=C\C/C=C\CCCCCCCCCC(=O)OC[C@@H](COC(=O)CCCCCCCCCCCC)OC(=O)CCCCCCCCC/C=C\C/C=C\CCCCC. The number of hydrogen-bond acceptors (Lipinski definition) is 6. The lowest BCUT2D eigenvalue weighted by Crippen LogP contribution is -2.30. The van der Waals surface area contributed by atoms with Crippen molar-refractivity contribution in [3.05, 3.63) is 48.6 Å². The van der Waals surface area contributed by atoms with E-state index in [4.69, 9.17) is 14.2 Å². The number of ether oxygens (including phenoxy) is 3. The van der Waals surface area contributed by atoms with E-state index in [0.29, 0.717) is 19.3 Å². The van der Waals surface area contributed by atoms with Crippen LogP contribution in [0.4, 0.5) is 0 Å². The summed E-state index contributed by atoms with van der Waals surface area (Å²) in [6.45, 7) is 6.58. The maximum absolute atomic E-state index is 12.8. The molecule has 0 aliphatic heterocycles. The molecule has 0 unspecified atom stereocenters. The third kappa shape index (κ3) is 48.4. The van der Waals surface area contributed by atoms with Crippen LogP contribution in [0.15, 0.2) is 48.6 Å². The van der Waals surface area contributed by atoms with Crippen LogP contribution >= 0.6 is 0 Å². The van der Waals surface area contributed by atoms with Gasteiger partial charge in [-0.15, -0.1) is 0 Å². The van der Waals surface area contributed by atoms with E-state index in [9.17, 15) is 14.4 Å². The highest BCUT2D eigenvalue weighted by molar-refractivity contribution is 5.71. The van der Waals surface area contributed by atoms with E-state index in [0.717, 1.165) is 83.5 Å². The third-order valence-corrected chi connectivity index (χ3v) is 11.6. The highest BCUT2D eigenvalue weighted by Crippen LogP contribution is 2.15. The Morgan fingerprint density at radius 3 is 0.919 bits per heavy atom. The molecular formula is C56H100O6. The highest BCUT2D eigenvalue weighted by Gasteiger charge is 2.19. The van der Waals surface area contributed by atoms with Crippen LogP contribution in [-0.4, -0.2) is 37.2 Å². The fourth-order valence-corrected chi connectivity index (χ4v) is 7.50. The first-order valence-electron chi connectivity index (χ1n) is 26.6. The second-order valence-electron chi connectivity index (χ2n) is 17.8. The Kier molecular flexibility index (Phi) is 48.8. The van der Waals surface area contributed by atoms with Gasteiger partial charge in [0.05, 0.1) is 0 Å². The van der Waals surface area contributed by atoms with Crippen LogP contribution in [0, 0.1) is 0 Å². The first kappa shape index (κ1) is 59.4. The molecule has 0 aromatic heterocycles. The molecule has 0 bridgehead atoms. The quantitative estimate of drug-likeness (QED) is 0.0262. The third-order valence-electron chi connectivity index (χ3n) is 11.6. The molecule has 6 heteroatoms. The van der Waals surface area contributed by atoms with Gasteiger partial charge >= 0.3 is 17.9 Å². The van der Waals surface area contributed by atoms with Crippen LogP contribution in [0.3, 0.4) is 0 Å². The summed E-state index contributed by atoms with van der Waals surface area (Å²) in [4.78, 5) is 38.0. The number of allylic oxidation sites excluding steroid dienone is 8. The summed E-state index contributed by atoms with van der Waals surface area (Å²) in [7, 11) is 0. The van der Waals surface area contributed by atoms with Crippen molar-refractivity contribution in [2.45, 2.75) is 277 Å². The summed E-state index contributed by atoms with van der Waals surface area (Å²) in [5.74, 6) is -0.886. The molecular weight excluding hydrogens is 769 g/mol. The van der Waals surface area contributed by atoms with Gasteiger partial charge in [0.1, 0.15) is 13.2 Å². The Bertz CT molecular complexity index is 1090. The Morgan fingerprint density at radius 1 is 0.323 bits per heavy atom. The number of carbonyl (C=O) groups excluding carboxylic acids is 3. The first-order valence-corrected chi connectivity index (χ1v) is 26.6. The van der Waals surface area contributed by atoms with Crippen LogP contribution in [0.5, 0.6) is 0 Å². The number of carbonyl (C=O) groups is 3. The molecule has 0 fully saturated rings. The van der Waals surface area contributed by atoms with Crippen molar-refractivity contribution in [2.75, 3.05) is 13.2 Å². The Hall–Kier alpha value is -2.63. The van der Waals surface area contributed by atoms with E-state index in [1.54, 1.807) is 0 Å². The molecule has 6 nitrogen and oxygen atoms in total. The average Bonchev–Trinajstić information content (AvgIpc) is 3.27. The fourth-order valence-electron chi connectivity index (χ4n) is 7.50. The van der Waals surface area contributed by atoms with Gasteiger partial charge in [0.15, 0.2) is 6.10 Å². The van der Waals surface area contributed by atoms with Gasteiger partial charge in [0.25, 0.3) is 0 Å². The molecule has 0 aliphatic rings. The first-order chi connectivity index (χ1) is 30.5. The van der Waals surface area contributed by atoms with Crippen molar-refractivity contribution in [1.82, 2.24) is 0 Å². The van der Waals surface area contributed by atoms with Gasteiger partial charge in [-0.3, -0.25) is 14.4 Å². The van der Waals surface area contributed by atoms with Crippen molar-refractivity contribution in [2.24, 2.45) is 0 Å². The van der Waals surface area contributed by atoms with Gasteiger partial charge in [-0.1, -0.05) is 217 Å². The largest absolute Gasteiger partial charge is 0.462 e. The summed E-state index contributed by atoms with van der Waals surface area (Å²) in [5.41, 5.74) is 0. The molecule has 0 aliphatic carbocycles. The summed E-state index contributed by atoms with van der Waals surface area (Å²) >= 11 is 0. The normalized spacial score (nSPS) is 12.4. The minimum atomic E-state index is -0.777. The smallest absolute Gasteiger partial charge is 0.306 e. The highest BCUT2D eigenvalue weighted by atomic mass is 16.6. The molecule has 1 atom stereocenters. The molecule has 0 heterocycles. The van der Waals surface area contributed by atoms with Gasteiger partial charge in [-0.2, -0.15) is 0 Å². The number of hydrogen-bond donors (Lipinski definition) is 0. The zero-order chi connectivity index (χ0) is 45.1. The lowest BCUT2D eigenvalue weighted by Gasteiger charge is -2.18. The van der Waals surface area contributed by atoms with E-state index in [1.165, 1.54) is 148 Å². The lowest BCUT2D eigenvalue weighted by molar-refractivity contribution is -0.167. The van der Waals surface area contributed by atoms with Gasteiger partial charge in [0.2, 0.25) is 0 Å². The standard InChI is InChI=1S/C56H100O6/c1-4-7-10-13-16-19-22-24-26-28-30-32-34-37-40-43-46-49-55(58)61-52-53(51-60-54(57)48-45-42-39-36-21-18-15-12-9-6-3)62-56(59)50-47-44-41-38-35-33-31-29-27-25-23-20-17-14-11-8-5-2/h16-17,19-20,24-27,53H,4-15,18,21-23,28-52H2,1-3H3/b19-16-,20-17-,26-24-,27-25-/t53-/m1/s1. The summed E-state index contributed by atoms with van der Waals surface area (Å²) in [6, 6.07) is 0. The maximum Gasteiger partial charge on any atom is 0.306 e. The van der Waals surface area contributed by atoms with E-state index in [-0.39, 0.29) is 31.1 Å². The molecule has 0 radical (unpaired) electrons. The second kappa shape index (κ2) is 51.0. The van der Waals surface area contributed by atoms with Crippen molar-refractivity contribution in [1.29, 1.82) is 0 Å². The predicted molar refractivity (Wildman–Crippen MR) is 265 cm³/mol. The minimum absolute atomic E-state index is 0.0769. The molecule has 0 spiro atoms. The van der Waals surface area contributed by atoms with E-state index >= 15 is 0 Å². The summed E-state index contributed by atoms with van der Waals surface area (Å²) in [5, 5.41) is 0. The van der Waals surface area contributed by atoms with Crippen LogP contribution in [0.2, 0.25) is 0 Å². The molecule has 0 rings (SSSR count). The van der Waals surface area contributed by atoms with Gasteiger partial charge in [-0.05, 0) is 83.5 Å². The van der Waals surface area contributed by atoms with Crippen LogP contribution in [0.25, 0.3) is 0 Å². The fraction of sp³-hybridized carbons (Fsp3) is 0.804.